The van der Waals surface area contributed by atoms with E-state index in [2.05, 4.69) is 15.3 Å². The number of nitrogens with two attached hydrogens (primary N) is 2. The van der Waals surface area contributed by atoms with E-state index in [0.717, 1.165) is 0 Å². The van der Waals surface area contributed by atoms with Crippen molar-refractivity contribution in [1.82, 2.24) is 9.97 Å². The largest absolute Gasteiger partial charge is 0.457 e. The second kappa shape index (κ2) is 8.34. The van der Waals surface area contributed by atoms with Gasteiger partial charge in [-0.3, -0.25) is 9.59 Å². The van der Waals surface area contributed by atoms with Gasteiger partial charge >= 0.3 is 0 Å². The van der Waals surface area contributed by atoms with Crippen LogP contribution in [0.4, 0.5) is 10.2 Å². The predicted molar refractivity (Wildman–Crippen MR) is 105 cm³/mol. The molecule has 0 saturated heterocycles. The molecule has 1 unspecified atom stereocenters. The SMILES string of the molecule is CC(Nc1cc(C(N)=O)nc(-c2ccc(Oc3ccc(F)cc3)cc2)n1)C(N)=O. The lowest BCUT2D eigenvalue weighted by molar-refractivity contribution is -0.118. The second-order valence-corrected chi connectivity index (χ2v) is 6.18. The third-order valence-corrected chi connectivity index (χ3v) is 3.93. The fourth-order valence-electron chi connectivity index (χ4n) is 2.38. The van der Waals surface area contributed by atoms with Crippen LogP contribution in [0.2, 0.25) is 0 Å². The number of carbonyl (C=O) groups is 2. The lowest BCUT2D eigenvalue weighted by Crippen LogP contribution is -2.33. The summed E-state index contributed by atoms with van der Waals surface area (Å²) in [6, 6.07) is 13.0. The van der Waals surface area contributed by atoms with Gasteiger partial charge in [-0.2, -0.15) is 0 Å². The molecule has 9 heteroatoms. The molecule has 2 aromatic carbocycles. The van der Waals surface area contributed by atoms with Crippen molar-refractivity contribution in [1.29, 1.82) is 0 Å². The van der Waals surface area contributed by atoms with Gasteiger partial charge in [0.2, 0.25) is 5.91 Å². The molecule has 148 valence electrons. The minimum Gasteiger partial charge on any atom is -0.457 e. The smallest absolute Gasteiger partial charge is 0.267 e. The van der Waals surface area contributed by atoms with Gasteiger partial charge in [0.05, 0.1) is 0 Å². The van der Waals surface area contributed by atoms with Crippen molar-refractivity contribution in [2.75, 3.05) is 5.32 Å². The highest BCUT2D eigenvalue weighted by Gasteiger charge is 2.14. The number of hydrogen-bond acceptors (Lipinski definition) is 6. The lowest BCUT2D eigenvalue weighted by atomic mass is 10.2. The van der Waals surface area contributed by atoms with Crippen LogP contribution >= 0.6 is 0 Å². The maximum Gasteiger partial charge on any atom is 0.267 e. The zero-order valence-electron chi connectivity index (χ0n) is 15.4. The van der Waals surface area contributed by atoms with E-state index in [-0.39, 0.29) is 23.2 Å². The van der Waals surface area contributed by atoms with Crippen molar-refractivity contribution in [2.24, 2.45) is 11.5 Å². The highest BCUT2D eigenvalue weighted by Crippen LogP contribution is 2.25. The highest BCUT2D eigenvalue weighted by molar-refractivity contribution is 5.92. The number of benzene rings is 2. The van der Waals surface area contributed by atoms with E-state index in [0.29, 0.717) is 17.1 Å². The van der Waals surface area contributed by atoms with Crippen molar-refractivity contribution >= 4 is 17.6 Å². The number of amides is 2. The number of aromatic nitrogens is 2. The summed E-state index contributed by atoms with van der Waals surface area (Å²) < 4.78 is 18.6. The van der Waals surface area contributed by atoms with Gasteiger partial charge in [0.15, 0.2) is 5.82 Å². The topological polar surface area (TPSA) is 133 Å². The van der Waals surface area contributed by atoms with Crippen LogP contribution < -0.4 is 21.5 Å². The van der Waals surface area contributed by atoms with Gasteiger partial charge in [-0.1, -0.05) is 0 Å². The molecule has 1 heterocycles. The lowest BCUT2D eigenvalue weighted by Gasteiger charge is -2.13. The van der Waals surface area contributed by atoms with Crippen LogP contribution in [0.5, 0.6) is 11.5 Å². The summed E-state index contributed by atoms with van der Waals surface area (Å²) in [7, 11) is 0. The molecule has 0 aliphatic heterocycles. The Balaban J connectivity index is 1.86. The molecule has 0 fully saturated rings. The monoisotopic (exact) mass is 395 g/mol. The summed E-state index contributed by atoms with van der Waals surface area (Å²) in [6.07, 6.45) is 0. The molecule has 0 saturated carbocycles. The fraction of sp³-hybridized carbons (Fsp3) is 0.100. The van der Waals surface area contributed by atoms with Gasteiger partial charge in [-0.05, 0) is 55.5 Å². The third-order valence-electron chi connectivity index (χ3n) is 3.93. The maximum atomic E-state index is 13.0. The molecule has 0 spiro atoms. The van der Waals surface area contributed by atoms with Crippen molar-refractivity contribution in [3.05, 3.63) is 66.1 Å². The first kappa shape index (κ1) is 19.7. The van der Waals surface area contributed by atoms with Gasteiger partial charge in [0, 0.05) is 11.6 Å². The number of halogens is 1. The van der Waals surface area contributed by atoms with E-state index in [9.17, 15) is 14.0 Å². The second-order valence-electron chi connectivity index (χ2n) is 6.18. The predicted octanol–water partition coefficient (Wildman–Crippen LogP) is 2.46. The average molecular weight is 395 g/mol. The van der Waals surface area contributed by atoms with Crippen LogP contribution in [0.3, 0.4) is 0 Å². The first-order valence-electron chi connectivity index (χ1n) is 8.60. The first-order valence-corrected chi connectivity index (χ1v) is 8.60. The summed E-state index contributed by atoms with van der Waals surface area (Å²) in [5.74, 6) is -0.192. The number of carbonyl (C=O) groups excluding carboxylic acids is 2. The Morgan fingerprint density at radius 1 is 1.00 bits per heavy atom. The third kappa shape index (κ3) is 5.04. The van der Waals surface area contributed by atoms with E-state index in [1.165, 1.54) is 30.3 Å². The van der Waals surface area contributed by atoms with E-state index in [4.69, 9.17) is 16.2 Å². The highest BCUT2D eigenvalue weighted by atomic mass is 19.1. The number of nitrogens with zero attached hydrogens (tertiary/aromatic N) is 2. The molecule has 3 rings (SSSR count). The number of primary amides is 2. The number of rotatable bonds is 7. The van der Waals surface area contributed by atoms with E-state index in [1.54, 1.807) is 31.2 Å². The zero-order chi connectivity index (χ0) is 21.0. The summed E-state index contributed by atoms with van der Waals surface area (Å²) in [4.78, 5) is 31.3. The Morgan fingerprint density at radius 3 is 2.14 bits per heavy atom. The molecule has 29 heavy (non-hydrogen) atoms. The normalized spacial score (nSPS) is 11.5. The van der Waals surface area contributed by atoms with Crippen LogP contribution in [0.25, 0.3) is 11.4 Å². The molecule has 1 atom stereocenters. The molecule has 0 aliphatic rings. The van der Waals surface area contributed by atoms with Crippen molar-refractivity contribution in [2.45, 2.75) is 13.0 Å². The molecule has 1 aromatic heterocycles. The summed E-state index contributed by atoms with van der Waals surface area (Å²) >= 11 is 0. The van der Waals surface area contributed by atoms with E-state index in [1.807, 2.05) is 0 Å². The van der Waals surface area contributed by atoms with Crippen LogP contribution in [-0.4, -0.2) is 27.8 Å². The van der Waals surface area contributed by atoms with Crippen LogP contribution in [-0.2, 0) is 4.79 Å². The molecule has 3 aromatic rings. The number of ether oxygens (including phenoxy) is 1. The summed E-state index contributed by atoms with van der Waals surface area (Å²) in [5.41, 5.74) is 11.2. The van der Waals surface area contributed by atoms with E-state index >= 15 is 0 Å². The number of nitrogens with one attached hydrogen (secondary N) is 1. The van der Waals surface area contributed by atoms with E-state index < -0.39 is 17.9 Å². The Morgan fingerprint density at radius 2 is 1.59 bits per heavy atom. The summed E-state index contributed by atoms with van der Waals surface area (Å²) in [6.45, 7) is 1.57. The quantitative estimate of drug-likeness (QED) is 0.563. The van der Waals surface area contributed by atoms with Crippen LogP contribution in [0.1, 0.15) is 17.4 Å². The standard InChI is InChI=1S/C20H18FN5O3/c1-11(18(22)27)24-17-10-16(19(23)28)25-20(26-17)12-2-6-14(7-3-12)29-15-8-4-13(21)5-9-15/h2-11H,1H3,(H2,22,27)(H2,23,28)(H,24,25,26). The fourth-order valence-corrected chi connectivity index (χ4v) is 2.38. The minimum absolute atomic E-state index is 0.0131. The van der Waals surface area contributed by atoms with Crippen LogP contribution in [0, 0.1) is 5.82 Å². The number of hydrogen-bond donors (Lipinski definition) is 3. The van der Waals surface area contributed by atoms with Gasteiger partial charge in [0.1, 0.15) is 34.9 Å². The van der Waals surface area contributed by atoms with Gasteiger partial charge in [-0.25, -0.2) is 14.4 Å². The molecular weight excluding hydrogens is 377 g/mol. The first-order chi connectivity index (χ1) is 13.8. The van der Waals surface area contributed by atoms with Crippen molar-refractivity contribution in [3.63, 3.8) is 0 Å². The van der Waals surface area contributed by atoms with Gasteiger partial charge in [-0.15, -0.1) is 0 Å². The molecule has 0 bridgehead atoms. The van der Waals surface area contributed by atoms with Gasteiger partial charge in [0.25, 0.3) is 5.91 Å². The Hall–Kier alpha value is -4.01. The van der Waals surface area contributed by atoms with Crippen LogP contribution in [0.15, 0.2) is 54.6 Å². The summed E-state index contributed by atoms with van der Waals surface area (Å²) in [5, 5.41) is 2.81. The molecule has 5 N–H and O–H groups in total. The zero-order valence-corrected chi connectivity index (χ0v) is 15.4. The van der Waals surface area contributed by atoms with Crippen molar-refractivity contribution in [3.8, 4) is 22.9 Å². The average Bonchev–Trinajstić information content (AvgIpc) is 2.70. The Labute approximate surface area is 165 Å². The molecule has 0 radical (unpaired) electrons. The molecule has 2 amide bonds. The molecular formula is C20H18FN5O3. The Bertz CT molecular complexity index is 1040. The maximum absolute atomic E-state index is 13.0. The number of anilines is 1. The van der Waals surface area contributed by atoms with Gasteiger partial charge < -0.3 is 21.5 Å². The molecule has 8 nitrogen and oxygen atoms in total. The Kier molecular flexibility index (Phi) is 5.68. The van der Waals surface area contributed by atoms with Crippen molar-refractivity contribution < 1.29 is 18.7 Å². The minimum atomic E-state index is -0.736. The molecule has 0 aliphatic carbocycles.